The summed E-state index contributed by atoms with van der Waals surface area (Å²) in [4.78, 5) is 25.1. The molecular formula is C26H20F4O4. The Labute approximate surface area is 193 Å². The highest BCUT2D eigenvalue weighted by atomic mass is 19.2. The molecule has 1 fully saturated rings. The fourth-order valence-corrected chi connectivity index (χ4v) is 3.92. The van der Waals surface area contributed by atoms with Crippen LogP contribution in [0.3, 0.4) is 0 Å². The van der Waals surface area contributed by atoms with E-state index in [-0.39, 0.29) is 19.4 Å². The van der Waals surface area contributed by atoms with Crippen LogP contribution < -0.4 is 0 Å². The first-order chi connectivity index (χ1) is 16.3. The molecule has 0 spiro atoms. The number of carbonyl (C=O) groups is 2. The van der Waals surface area contributed by atoms with E-state index in [9.17, 15) is 27.2 Å². The van der Waals surface area contributed by atoms with Crippen molar-refractivity contribution in [3.8, 4) is 0 Å². The summed E-state index contributed by atoms with van der Waals surface area (Å²) in [6.07, 6.45) is -1.06. The van der Waals surface area contributed by atoms with E-state index < -0.39 is 57.9 Å². The second kappa shape index (κ2) is 9.29. The van der Waals surface area contributed by atoms with E-state index in [0.29, 0.717) is 11.1 Å². The Kier molecular flexibility index (Phi) is 6.41. The van der Waals surface area contributed by atoms with E-state index in [1.54, 1.807) is 60.7 Å². The number of rotatable bonds is 7. The van der Waals surface area contributed by atoms with Crippen LogP contribution in [0, 0.1) is 23.3 Å². The van der Waals surface area contributed by atoms with Crippen molar-refractivity contribution in [3.05, 3.63) is 106 Å². The Morgan fingerprint density at radius 3 is 1.71 bits per heavy atom. The predicted octanol–water partition coefficient (Wildman–Crippen LogP) is 5.78. The fraction of sp³-hybridized carbons (Fsp3) is 0.231. The maximum absolute atomic E-state index is 15.0. The number of hydrogen-bond acceptors (Lipinski definition) is 4. The SMILES string of the molecule is CCOC(=O)c1c(F)c(F)c(C2(C(=O)OC(c3ccccc3)c3ccccc3)CC2)c(F)c1F. The van der Waals surface area contributed by atoms with Crippen LogP contribution in [0.5, 0.6) is 0 Å². The van der Waals surface area contributed by atoms with Crippen molar-refractivity contribution < 1.29 is 36.6 Å². The molecule has 0 heterocycles. The van der Waals surface area contributed by atoms with Crippen molar-refractivity contribution >= 4 is 11.9 Å². The second-order valence-electron chi connectivity index (χ2n) is 7.92. The van der Waals surface area contributed by atoms with Gasteiger partial charge in [-0.3, -0.25) is 4.79 Å². The minimum atomic E-state index is -1.91. The molecule has 0 saturated heterocycles. The molecule has 0 atom stereocenters. The quantitative estimate of drug-likeness (QED) is 0.248. The molecule has 1 aliphatic carbocycles. The van der Waals surface area contributed by atoms with E-state index in [2.05, 4.69) is 4.74 Å². The largest absolute Gasteiger partial charge is 0.462 e. The molecule has 4 nitrogen and oxygen atoms in total. The summed E-state index contributed by atoms with van der Waals surface area (Å²) >= 11 is 0. The Bertz CT molecular complexity index is 1160. The lowest BCUT2D eigenvalue weighted by molar-refractivity contribution is -0.151. The molecule has 0 N–H and O–H groups in total. The number of ether oxygens (including phenoxy) is 2. The van der Waals surface area contributed by atoms with E-state index in [1.807, 2.05) is 0 Å². The lowest BCUT2D eigenvalue weighted by atomic mass is 9.92. The van der Waals surface area contributed by atoms with Gasteiger partial charge in [0.15, 0.2) is 29.4 Å². The van der Waals surface area contributed by atoms with Crippen molar-refractivity contribution in [3.63, 3.8) is 0 Å². The van der Waals surface area contributed by atoms with Gasteiger partial charge in [0.2, 0.25) is 0 Å². The average molecular weight is 472 g/mol. The normalized spacial score (nSPS) is 14.1. The minimum absolute atomic E-state index is 0.0758. The van der Waals surface area contributed by atoms with Gasteiger partial charge in [-0.2, -0.15) is 0 Å². The molecule has 8 heteroatoms. The van der Waals surface area contributed by atoms with E-state index in [1.165, 1.54) is 6.92 Å². The highest BCUT2D eigenvalue weighted by Crippen LogP contribution is 2.53. The van der Waals surface area contributed by atoms with Crippen LogP contribution in [-0.2, 0) is 19.7 Å². The average Bonchev–Trinajstić information content (AvgIpc) is 3.64. The van der Waals surface area contributed by atoms with Crippen LogP contribution in [0.25, 0.3) is 0 Å². The zero-order valence-corrected chi connectivity index (χ0v) is 18.1. The summed E-state index contributed by atoms with van der Waals surface area (Å²) < 4.78 is 69.5. The van der Waals surface area contributed by atoms with Gasteiger partial charge in [-0.15, -0.1) is 0 Å². The Hall–Kier alpha value is -3.68. The number of esters is 2. The molecule has 0 aromatic heterocycles. The van der Waals surface area contributed by atoms with Crippen molar-refractivity contribution in [2.75, 3.05) is 6.61 Å². The summed E-state index contributed by atoms with van der Waals surface area (Å²) in [6.45, 7) is 1.12. The molecule has 3 aromatic rings. The lowest BCUT2D eigenvalue weighted by Gasteiger charge is -2.24. The molecule has 3 aromatic carbocycles. The zero-order valence-electron chi connectivity index (χ0n) is 18.1. The first-order valence-electron chi connectivity index (χ1n) is 10.7. The van der Waals surface area contributed by atoms with Crippen LogP contribution in [0.15, 0.2) is 60.7 Å². The van der Waals surface area contributed by atoms with Crippen molar-refractivity contribution in [1.29, 1.82) is 0 Å². The van der Waals surface area contributed by atoms with Crippen molar-refractivity contribution in [2.24, 2.45) is 0 Å². The molecule has 0 amide bonds. The minimum Gasteiger partial charge on any atom is -0.462 e. The van der Waals surface area contributed by atoms with E-state index in [4.69, 9.17) is 4.74 Å². The van der Waals surface area contributed by atoms with Crippen LogP contribution in [0.1, 0.15) is 52.9 Å². The second-order valence-corrected chi connectivity index (χ2v) is 7.92. The van der Waals surface area contributed by atoms with Gasteiger partial charge in [0.05, 0.1) is 12.0 Å². The standard InChI is InChI=1S/C26H20F4O4/c1-2-33-24(31)17-19(27)21(29)18(22(30)20(17)28)26(13-14-26)25(32)34-23(15-9-5-3-6-10-15)16-11-7-4-8-12-16/h3-12,23H,2,13-14H2,1H3. The van der Waals surface area contributed by atoms with Crippen molar-refractivity contribution in [1.82, 2.24) is 0 Å². The third-order valence-electron chi connectivity index (χ3n) is 5.79. The molecule has 0 radical (unpaired) electrons. The molecule has 0 unspecified atom stereocenters. The summed E-state index contributed by atoms with van der Waals surface area (Å²) in [5.74, 6) is -10.0. The molecule has 1 aliphatic rings. The highest BCUT2D eigenvalue weighted by molar-refractivity contribution is 5.91. The maximum atomic E-state index is 15.0. The molecule has 4 rings (SSSR count). The maximum Gasteiger partial charge on any atom is 0.344 e. The molecule has 0 bridgehead atoms. The van der Waals surface area contributed by atoms with Gasteiger partial charge in [0.1, 0.15) is 5.56 Å². The molecule has 176 valence electrons. The van der Waals surface area contributed by atoms with Crippen LogP contribution in [-0.4, -0.2) is 18.5 Å². The molecule has 34 heavy (non-hydrogen) atoms. The third-order valence-corrected chi connectivity index (χ3v) is 5.79. The van der Waals surface area contributed by atoms with Crippen LogP contribution >= 0.6 is 0 Å². The van der Waals surface area contributed by atoms with Crippen LogP contribution in [0.4, 0.5) is 17.6 Å². The molecule has 0 aliphatic heterocycles. The summed E-state index contributed by atoms with van der Waals surface area (Å²) in [7, 11) is 0. The summed E-state index contributed by atoms with van der Waals surface area (Å²) in [6, 6.07) is 17.4. The number of benzene rings is 3. The zero-order chi connectivity index (χ0) is 24.5. The van der Waals surface area contributed by atoms with E-state index in [0.717, 1.165) is 0 Å². The lowest BCUT2D eigenvalue weighted by Crippen LogP contribution is -2.29. The van der Waals surface area contributed by atoms with Gasteiger partial charge in [0, 0.05) is 5.56 Å². The number of carbonyl (C=O) groups excluding carboxylic acids is 2. The monoisotopic (exact) mass is 472 g/mol. The Balaban J connectivity index is 1.74. The number of halogens is 4. The first-order valence-corrected chi connectivity index (χ1v) is 10.7. The Morgan fingerprint density at radius 2 is 1.29 bits per heavy atom. The summed E-state index contributed by atoms with van der Waals surface area (Å²) in [5, 5.41) is 0. The predicted molar refractivity (Wildman–Crippen MR) is 114 cm³/mol. The fourth-order valence-electron chi connectivity index (χ4n) is 3.92. The van der Waals surface area contributed by atoms with Crippen LogP contribution in [0.2, 0.25) is 0 Å². The molecule has 1 saturated carbocycles. The van der Waals surface area contributed by atoms with Gasteiger partial charge in [-0.05, 0) is 30.9 Å². The Morgan fingerprint density at radius 1 is 0.824 bits per heavy atom. The van der Waals surface area contributed by atoms with Gasteiger partial charge >= 0.3 is 11.9 Å². The van der Waals surface area contributed by atoms with E-state index >= 15 is 0 Å². The van der Waals surface area contributed by atoms with Gasteiger partial charge < -0.3 is 9.47 Å². The summed E-state index contributed by atoms with van der Waals surface area (Å²) in [5.41, 5.74) is -3.26. The van der Waals surface area contributed by atoms with Gasteiger partial charge in [0.25, 0.3) is 0 Å². The first kappa shape index (κ1) is 23.5. The van der Waals surface area contributed by atoms with Gasteiger partial charge in [-0.1, -0.05) is 60.7 Å². The third kappa shape index (κ3) is 4.04. The number of hydrogen-bond donors (Lipinski definition) is 0. The highest BCUT2D eigenvalue weighted by Gasteiger charge is 2.58. The molecular weight excluding hydrogens is 452 g/mol. The van der Waals surface area contributed by atoms with Crippen molar-refractivity contribution in [2.45, 2.75) is 31.3 Å². The smallest absolute Gasteiger partial charge is 0.344 e. The van der Waals surface area contributed by atoms with Gasteiger partial charge in [-0.25, -0.2) is 22.4 Å². The topological polar surface area (TPSA) is 52.6 Å².